The molecular formula is C28H32ClN5O6S. The molecule has 1 aromatic heterocycles. The highest BCUT2D eigenvalue weighted by Gasteiger charge is 2.26. The first-order valence-corrected chi connectivity index (χ1v) is 15.2. The van der Waals surface area contributed by atoms with E-state index in [1.54, 1.807) is 54.7 Å². The lowest BCUT2D eigenvalue weighted by Crippen LogP contribution is -2.50. The first-order valence-electron chi connectivity index (χ1n) is 13.0. The van der Waals surface area contributed by atoms with E-state index in [0.717, 1.165) is 0 Å². The number of nitrogens with one attached hydrogen (secondary N) is 3. The van der Waals surface area contributed by atoms with E-state index < -0.39 is 34.4 Å². The van der Waals surface area contributed by atoms with Gasteiger partial charge in [-0.15, -0.1) is 0 Å². The van der Waals surface area contributed by atoms with Gasteiger partial charge in [-0.2, -0.15) is 10.6 Å². The van der Waals surface area contributed by atoms with Crippen LogP contribution in [0.5, 0.6) is 0 Å². The minimum atomic E-state index is -2.52. The summed E-state index contributed by atoms with van der Waals surface area (Å²) in [5.74, 6) is -0.978. The van der Waals surface area contributed by atoms with Gasteiger partial charge in [-0.25, -0.2) is 0 Å². The standard InChI is InChI=1S/C28H32ClN5O6S/c29-21-6-8-22(9-7-21)31-25(35)19-24(28(38)30-12-14-33-15-17-41(39,40)18-16-33)32-27(37)20-4-10-23(11-5-20)34-13-2-1-3-26(34)36/h1-11,13,24,39-40H,12,14-19H2,(H,30,38)(H,31,35)(H,32,37). The van der Waals surface area contributed by atoms with Crippen molar-refractivity contribution in [3.63, 3.8) is 0 Å². The van der Waals surface area contributed by atoms with Crippen LogP contribution in [-0.4, -0.2) is 80.0 Å². The molecule has 1 saturated heterocycles. The van der Waals surface area contributed by atoms with Crippen molar-refractivity contribution in [1.29, 1.82) is 0 Å². The number of carbonyl (C=O) groups is 3. The summed E-state index contributed by atoms with van der Waals surface area (Å²) in [4.78, 5) is 53.1. The number of anilines is 1. The van der Waals surface area contributed by atoms with Gasteiger partial charge in [0.15, 0.2) is 0 Å². The normalized spacial score (nSPS) is 16.3. The molecule has 3 aromatic rings. The summed E-state index contributed by atoms with van der Waals surface area (Å²) < 4.78 is 21.0. The van der Waals surface area contributed by atoms with Crippen molar-refractivity contribution in [3.05, 3.63) is 93.9 Å². The maximum absolute atomic E-state index is 13.1. The second kappa shape index (κ2) is 13.8. The predicted molar refractivity (Wildman–Crippen MR) is 160 cm³/mol. The minimum absolute atomic E-state index is 0.217. The lowest BCUT2D eigenvalue weighted by molar-refractivity contribution is -0.126. The van der Waals surface area contributed by atoms with Crippen LogP contribution in [0.15, 0.2) is 77.7 Å². The van der Waals surface area contributed by atoms with Crippen LogP contribution in [-0.2, 0) is 9.59 Å². The van der Waals surface area contributed by atoms with Gasteiger partial charge in [-0.1, -0.05) is 17.7 Å². The Kier molecular flexibility index (Phi) is 10.2. The van der Waals surface area contributed by atoms with E-state index in [0.29, 0.717) is 47.5 Å². The van der Waals surface area contributed by atoms with E-state index in [1.165, 1.54) is 22.8 Å². The van der Waals surface area contributed by atoms with Gasteiger partial charge in [-0.05, 0) is 54.6 Å². The molecule has 218 valence electrons. The topological polar surface area (TPSA) is 153 Å². The van der Waals surface area contributed by atoms with Crippen LogP contribution in [0, 0.1) is 0 Å². The molecule has 4 rings (SSSR count). The second-order valence-electron chi connectivity index (χ2n) is 9.58. The summed E-state index contributed by atoms with van der Waals surface area (Å²) in [7, 11) is -2.52. The molecule has 3 amide bonds. The van der Waals surface area contributed by atoms with Crippen LogP contribution >= 0.6 is 22.2 Å². The fourth-order valence-electron chi connectivity index (χ4n) is 4.24. The van der Waals surface area contributed by atoms with Gasteiger partial charge in [0.05, 0.1) is 17.9 Å². The fraction of sp³-hybridized carbons (Fsp3) is 0.286. The van der Waals surface area contributed by atoms with Gasteiger partial charge < -0.3 is 16.0 Å². The quantitative estimate of drug-likeness (QED) is 0.239. The zero-order valence-electron chi connectivity index (χ0n) is 22.2. The zero-order valence-corrected chi connectivity index (χ0v) is 23.7. The number of pyridine rings is 1. The third-order valence-electron chi connectivity index (χ3n) is 6.57. The highest BCUT2D eigenvalue weighted by Crippen LogP contribution is 2.40. The average Bonchev–Trinajstić information content (AvgIpc) is 2.95. The molecular weight excluding hydrogens is 570 g/mol. The molecule has 0 radical (unpaired) electrons. The summed E-state index contributed by atoms with van der Waals surface area (Å²) in [6.07, 6.45) is 1.30. The Morgan fingerprint density at radius 2 is 1.63 bits per heavy atom. The lowest BCUT2D eigenvalue weighted by Gasteiger charge is -2.41. The summed E-state index contributed by atoms with van der Waals surface area (Å²) in [5.41, 5.74) is 1.10. The van der Waals surface area contributed by atoms with Gasteiger partial charge in [0, 0.05) is 60.4 Å². The smallest absolute Gasteiger partial charge is 0.255 e. The Morgan fingerprint density at radius 1 is 0.951 bits per heavy atom. The van der Waals surface area contributed by atoms with Crippen LogP contribution in [0.2, 0.25) is 5.02 Å². The van der Waals surface area contributed by atoms with E-state index in [-0.39, 0.29) is 24.1 Å². The van der Waals surface area contributed by atoms with E-state index in [1.807, 2.05) is 4.90 Å². The largest absolute Gasteiger partial charge is 0.353 e. The average molecular weight is 602 g/mol. The zero-order chi connectivity index (χ0) is 29.4. The molecule has 5 N–H and O–H groups in total. The Hall–Kier alpha value is -3.68. The molecule has 0 spiro atoms. The van der Waals surface area contributed by atoms with Crippen molar-refractivity contribution in [2.24, 2.45) is 0 Å². The number of aromatic nitrogens is 1. The van der Waals surface area contributed by atoms with Crippen LogP contribution in [0.4, 0.5) is 5.69 Å². The van der Waals surface area contributed by atoms with Crippen molar-refractivity contribution in [2.75, 3.05) is 43.0 Å². The predicted octanol–water partition coefficient (Wildman–Crippen LogP) is 2.80. The molecule has 11 nitrogen and oxygen atoms in total. The monoisotopic (exact) mass is 601 g/mol. The Morgan fingerprint density at radius 3 is 2.29 bits per heavy atom. The van der Waals surface area contributed by atoms with Crippen LogP contribution in [0.25, 0.3) is 5.69 Å². The number of hydrogen-bond acceptors (Lipinski definition) is 7. The Bertz CT molecular complexity index is 1420. The van der Waals surface area contributed by atoms with Crippen molar-refractivity contribution >= 4 is 45.6 Å². The van der Waals surface area contributed by atoms with Crippen LogP contribution in [0.3, 0.4) is 0 Å². The van der Waals surface area contributed by atoms with E-state index in [2.05, 4.69) is 16.0 Å². The van der Waals surface area contributed by atoms with Crippen LogP contribution in [0.1, 0.15) is 16.8 Å². The Balaban J connectivity index is 1.40. The number of carbonyl (C=O) groups excluding carboxylic acids is 3. The highest BCUT2D eigenvalue weighted by atomic mass is 35.5. The summed E-state index contributed by atoms with van der Waals surface area (Å²) in [5, 5.41) is 8.63. The second-order valence-corrected chi connectivity index (χ2v) is 12.4. The van der Waals surface area contributed by atoms with Gasteiger partial charge in [0.2, 0.25) is 11.8 Å². The van der Waals surface area contributed by atoms with E-state index in [4.69, 9.17) is 11.6 Å². The molecule has 1 aliphatic rings. The highest BCUT2D eigenvalue weighted by molar-refractivity contribution is 8.24. The van der Waals surface area contributed by atoms with Gasteiger partial charge >= 0.3 is 0 Å². The van der Waals surface area contributed by atoms with Crippen molar-refractivity contribution < 1.29 is 23.5 Å². The molecule has 1 unspecified atom stereocenters. The summed E-state index contributed by atoms with van der Waals surface area (Å²) in [6, 6.07) is 16.4. The summed E-state index contributed by atoms with van der Waals surface area (Å²) in [6.45, 7) is 1.75. The molecule has 2 heterocycles. The lowest BCUT2D eigenvalue weighted by atomic mass is 10.1. The number of halogens is 1. The SMILES string of the molecule is O=C(CC(NC(=O)c1ccc(-n2ccccc2=O)cc1)C(=O)NCCN1CCS(O)(O)CC1)Nc1ccc(Cl)cc1. The molecule has 0 saturated carbocycles. The van der Waals surface area contributed by atoms with Gasteiger partial charge in [0.1, 0.15) is 6.04 Å². The van der Waals surface area contributed by atoms with E-state index >= 15 is 0 Å². The molecule has 41 heavy (non-hydrogen) atoms. The van der Waals surface area contributed by atoms with Crippen LogP contribution < -0.4 is 21.5 Å². The molecule has 0 bridgehead atoms. The minimum Gasteiger partial charge on any atom is -0.353 e. The molecule has 2 aromatic carbocycles. The number of rotatable bonds is 10. The molecule has 0 aliphatic carbocycles. The van der Waals surface area contributed by atoms with Crippen molar-refractivity contribution in [3.8, 4) is 5.69 Å². The number of hydrogen-bond donors (Lipinski definition) is 5. The first kappa shape index (κ1) is 30.3. The van der Waals surface area contributed by atoms with Gasteiger partial charge in [-0.3, -0.25) is 37.8 Å². The number of amides is 3. The molecule has 1 aliphatic heterocycles. The summed E-state index contributed by atoms with van der Waals surface area (Å²) >= 11 is 5.90. The molecule has 13 heteroatoms. The maximum Gasteiger partial charge on any atom is 0.255 e. The fourth-order valence-corrected chi connectivity index (χ4v) is 5.68. The number of benzene rings is 2. The third kappa shape index (κ3) is 8.90. The third-order valence-corrected chi connectivity index (χ3v) is 8.49. The molecule has 1 fully saturated rings. The van der Waals surface area contributed by atoms with E-state index in [9.17, 15) is 28.3 Å². The van der Waals surface area contributed by atoms with Crippen molar-refractivity contribution in [1.82, 2.24) is 20.1 Å². The van der Waals surface area contributed by atoms with Gasteiger partial charge in [0.25, 0.3) is 11.5 Å². The maximum atomic E-state index is 13.1. The number of nitrogens with zero attached hydrogens (tertiary/aromatic N) is 2. The molecule has 1 atom stereocenters. The Labute approximate surface area is 243 Å². The van der Waals surface area contributed by atoms with Crippen molar-refractivity contribution in [2.45, 2.75) is 12.5 Å². The first-order chi connectivity index (χ1) is 19.6.